The van der Waals surface area contributed by atoms with E-state index >= 15 is 4.39 Å². The predicted octanol–water partition coefficient (Wildman–Crippen LogP) is 4.92. The van der Waals surface area contributed by atoms with Gasteiger partial charge in [-0.3, -0.25) is 4.79 Å². The van der Waals surface area contributed by atoms with Crippen molar-refractivity contribution < 1.29 is 31.9 Å². The molecule has 1 aliphatic carbocycles. The van der Waals surface area contributed by atoms with Gasteiger partial charge in [0.1, 0.15) is 23.6 Å². The van der Waals surface area contributed by atoms with Gasteiger partial charge in [-0.2, -0.15) is 0 Å². The Morgan fingerprint density at radius 2 is 1.89 bits per heavy atom. The van der Waals surface area contributed by atoms with Crippen molar-refractivity contribution in [3.05, 3.63) is 59.4 Å². The van der Waals surface area contributed by atoms with Crippen LogP contribution in [0.3, 0.4) is 0 Å². The molecule has 3 atom stereocenters. The first-order valence-corrected chi connectivity index (χ1v) is 11.8. The summed E-state index contributed by atoms with van der Waals surface area (Å²) in [6.07, 6.45) is -0.319. The van der Waals surface area contributed by atoms with E-state index in [2.05, 4.69) is 5.32 Å². The highest BCUT2D eigenvalue weighted by Crippen LogP contribution is 2.43. The van der Waals surface area contributed by atoms with Gasteiger partial charge in [-0.25, -0.2) is 22.4 Å². The number of alkyl carbamates (subject to hydrolysis) is 1. The van der Waals surface area contributed by atoms with Crippen LogP contribution >= 0.6 is 0 Å². The van der Waals surface area contributed by atoms with Gasteiger partial charge < -0.3 is 15.0 Å². The van der Waals surface area contributed by atoms with Crippen molar-refractivity contribution in [2.75, 3.05) is 6.61 Å². The maximum Gasteiger partial charge on any atom is 0.407 e. The van der Waals surface area contributed by atoms with Gasteiger partial charge in [0, 0.05) is 30.0 Å². The van der Waals surface area contributed by atoms with Crippen molar-refractivity contribution in [1.29, 1.82) is 0 Å². The number of carbonyl (C=O) groups is 2. The molecule has 9 heteroatoms. The van der Waals surface area contributed by atoms with E-state index in [9.17, 15) is 22.8 Å². The zero-order chi connectivity index (χ0) is 24.9. The molecule has 0 aromatic heterocycles. The number of nitrogens with zero attached hydrogens (tertiary/aromatic N) is 1. The quantitative estimate of drug-likeness (QED) is 0.619. The van der Waals surface area contributed by atoms with E-state index in [1.807, 2.05) is 6.92 Å². The van der Waals surface area contributed by atoms with Gasteiger partial charge in [-0.05, 0) is 55.9 Å². The molecule has 2 aromatic carbocycles. The number of hydrogen-bond acceptors (Lipinski definition) is 3. The summed E-state index contributed by atoms with van der Waals surface area (Å²) < 4.78 is 61.9. The van der Waals surface area contributed by atoms with Gasteiger partial charge in [0.15, 0.2) is 0 Å². The smallest absolute Gasteiger partial charge is 0.407 e. The van der Waals surface area contributed by atoms with E-state index in [0.29, 0.717) is 18.9 Å². The number of amides is 2. The number of alkyl halides is 1. The summed E-state index contributed by atoms with van der Waals surface area (Å²) in [6, 6.07) is 6.58. The summed E-state index contributed by atoms with van der Waals surface area (Å²) >= 11 is 0. The van der Waals surface area contributed by atoms with E-state index in [1.54, 1.807) is 17.0 Å². The molecule has 186 valence electrons. The molecule has 0 unspecified atom stereocenters. The molecule has 2 aliphatic heterocycles. The zero-order valence-electron chi connectivity index (χ0n) is 19.2. The SMILES string of the molecule is C[C@@H]1C[C@@]2(CCOC(=O)N2)[C@H](Cc2cccc(-c3cc(F)cc(F)c3)c2F)N1C(=O)C1CC(F)C1. The Kier molecular flexibility index (Phi) is 5.97. The molecule has 3 aliphatic rings. The lowest BCUT2D eigenvalue weighted by Gasteiger charge is -2.43. The predicted molar refractivity (Wildman–Crippen MR) is 120 cm³/mol. The first kappa shape index (κ1) is 23.6. The minimum absolute atomic E-state index is 0.0362. The monoisotopic (exact) mass is 490 g/mol. The second kappa shape index (κ2) is 8.84. The number of hydrogen-bond donors (Lipinski definition) is 1. The highest BCUT2D eigenvalue weighted by Gasteiger charge is 2.56. The zero-order valence-corrected chi connectivity index (χ0v) is 19.2. The van der Waals surface area contributed by atoms with Crippen molar-refractivity contribution in [3.63, 3.8) is 0 Å². The summed E-state index contributed by atoms with van der Waals surface area (Å²) in [5.41, 5.74) is -0.473. The topological polar surface area (TPSA) is 58.6 Å². The highest BCUT2D eigenvalue weighted by molar-refractivity contribution is 5.82. The van der Waals surface area contributed by atoms with Crippen LogP contribution in [0, 0.1) is 23.4 Å². The Morgan fingerprint density at radius 3 is 2.54 bits per heavy atom. The lowest BCUT2D eigenvalue weighted by Crippen LogP contribution is -2.62. The Balaban J connectivity index is 1.52. The average molecular weight is 490 g/mol. The van der Waals surface area contributed by atoms with Gasteiger partial charge in [-0.15, -0.1) is 0 Å². The van der Waals surface area contributed by atoms with Crippen LogP contribution in [0.4, 0.5) is 22.4 Å². The molecule has 35 heavy (non-hydrogen) atoms. The van der Waals surface area contributed by atoms with Crippen molar-refractivity contribution in [1.82, 2.24) is 10.2 Å². The molecule has 1 spiro atoms. The first-order valence-electron chi connectivity index (χ1n) is 11.8. The standard InChI is InChI=1S/C26H26F4N2O3/c1-14-13-26(5-6-35-25(34)31-26)22(32(14)24(33)17-9-18(27)10-17)11-15-3-2-4-21(23(15)30)16-7-19(28)12-20(29)8-16/h2-4,7-8,12,14,17-18,22H,5-6,9-11,13H2,1H3,(H,31,34)/t14-,17?,18?,22+,26+/m1/s1. The number of carbonyl (C=O) groups excluding carboxylic acids is 2. The average Bonchev–Trinajstić information content (AvgIpc) is 3.01. The van der Waals surface area contributed by atoms with E-state index in [-0.39, 0.29) is 54.5 Å². The third kappa shape index (κ3) is 4.25. The number of halogens is 4. The van der Waals surface area contributed by atoms with Crippen molar-refractivity contribution >= 4 is 12.0 Å². The lowest BCUT2D eigenvalue weighted by atomic mass is 9.80. The van der Waals surface area contributed by atoms with Crippen molar-refractivity contribution in [3.8, 4) is 11.1 Å². The Labute approximate surface area is 200 Å². The molecular weight excluding hydrogens is 464 g/mol. The summed E-state index contributed by atoms with van der Waals surface area (Å²) in [4.78, 5) is 27.2. The third-order valence-corrected chi connectivity index (χ3v) is 7.59. The van der Waals surface area contributed by atoms with Gasteiger partial charge in [0.2, 0.25) is 5.91 Å². The summed E-state index contributed by atoms with van der Waals surface area (Å²) in [5, 5.41) is 2.89. The maximum atomic E-state index is 15.7. The fourth-order valence-electron chi connectivity index (χ4n) is 5.87. The van der Waals surface area contributed by atoms with Gasteiger partial charge >= 0.3 is 6.09 Å². The lowest BCUT2D eigenvalue weighted by molar-refractivity contribution is -0.144. The van der Waals surface area contributed by atoms with Gasteiger partial charge in [0.05, 0.1) is 18.2 Å². The third-order valence-electron chi connectivity index (χ3n) is 7.59. The van der Waals surface area contributed by atoms with Crippen LogP contribution in [0.1, 0.15) is 38.2 Å². The molecule has 2 saturated heterocycles. The fourth-order valence-corrected chi connectivity index (χ4v) is 5.87. The van der Waals surface area contributed by atoms with E-state index in [4.69, 9.17) is 4.74 Å². The van der Waals surface area contributed by atoms with Crippen LogP contribution in [-0.4, -0.2) is 47.3 Å². The summed E-state index contributed by atoms with van der Waals surface area (Å²) in [5.74, 6) is -2.92. The minimum Gasteiger partial charge on any atom is -0.449 e. The molecule has 2 aromatic rings. The first-order chi connectivity index (χ1) is 16.7. The Morgan fingerprint density at radius 1 is 1.17 bits per heavy atom. The van der Waals surface area contributed by atoms with Gasteiger partial charge in [-0.1, -0.05) is 18.2 Å². The van der Waals surface area contributed by atoms with E-state index < -0.39 is 47.2 Å². The van der Waals surface area contributed by atoms with Crippen LogP contribution in [0.5, 0.6) is 0 Å². The molecule has 3 fully saturated rings. The molecule has 2 amide bonds. The largest absolute Gasteiger partial charge is 0.449 e. The van der Waals surface area contributed by atoms with Crippen LogP contribution < -0.4 is 5.32 Å². The number of benzene rings is 2. The Bertz CT molecular complexity index is 1150. The van der Waals surface area contributed by atoms with Crippen LogP contribution in [0.2, 0.25) is 0 Å². The van der Waals surface area contributed by atoms with Crippen molar-refractivity contribution in [2.45, 2.75) is 62.8 Å². The van der Waals surface area contributed by atoms with E-state index in [1.165, 1.54) is 6.07 Å². The van der Waals surface area contributed by atoms with Gasteiger partial charge in [0.25, 0.3) is 0 Å². The molecule has 5 rings (SSSR count). The van der Waals surface area contributed by atoms with Crippen LogP contribution in [0.15, 0.2) is 36.4 Å². The molecule has 5 nitrogen and oxygen atoms in total. The second-order valence-corrected chi connectivity index (χ2v) is 9.89. The number of rotatable bonds is 4. The molecule has 1 saturated carbocycles. The van der Waals surface area contributed by atoms with Crippen LogP contribution in [-0.2, 0) is 16.0 Å². The maximum absolute atomic E-state index is 15.7. The molecule has 0 radical (unpaired) electrons. The molecule has 2 heterocycles. The van der Waals surface area contributed by atoms with E-state index in [0.717, 1.165) is 12.1 Å². The summed E-state index contributed by atoms with van der Waals surface area (Å²) in [7, 11) is 0. The Hall–Kier alpha value is -3.10. The van der Waals surface area contributed by atoms with Crippen LogP contribution in [0.25, 0.3) is 11.1 Å². The summed E-state index contributed by atoms with van der Waals surface area (Å²) in [6.45, 7) is 2.04. The number of likely N-dealkylation sites (tertiary alicyclic amines) is 1. The number of cyclic esters (lactones) is 1. The fraction of sp³-hybridized carbons (Fsp3) is 0.462. The normalized spacial score (nSPS) is 30.1. The molecule has 0 bridgehead atoms. The van der Waals surface area contributed by atoms with Crippen molar-refractivity contribution in [2.24, 2.45) is 5.92 Å². The molecular formula is C26H26F4N2O3. The molecule has 1 N–H and O–H groups in total. The minimum atomic E-state index is -1.00. The number of ether oxygens (including phenoxy) is 1. The second-order valence-electron chi connectivity index (χ2n) is 9.89. The highest BCUT2D eigenvalue weighted by atomic mass is 19.1. The number of nitrogens with one attached hydrogen (secondary N) is 1.